The van der Waals surface area contributed by atoms with E-state index in [4.69, 9.17) is 9.15 Å². The van der Waals surface area contributed by atoms with Crippen molar-refractivity contribution in [3.8, 4) is 0 Å². The third-order valence-corrected chi connectivity index (χ3v) is 6.60. The van der Waals surface area contributed by atoms with Gasteiger partial charge >= 0.3 is 0 Å². The first kappa shape index (κ1) is 22.8. The highest BCUT2D eigenvalue weighted by molar-refractivity contribution is 5.99. The molecule has 0 aliphatic carbocycles. The van der Waals surface area contributed by atoms with Gasteiger partial charge in [0.05, 0.1) is 19.3 Å². The van der Waals surface area contributed by atoms with Crippen molar-refractivity contribution in [1.29, 1.82) is 0 Å². The van der Waals surface area contributed by atoms with Crippen molar-refractivity contribution in [3.63, 3.8) is 0 Å². The van der Waals surface area contributed by atoms with Crippen LogP contribution in [0.25, 0.3) is 11.0 Å². The summed E-state index contributed by atoms with van der Waals surface area (Å²) in [4.78, 5) is 32.1. The Morgan fingerprint density at radius 1 is 1.09 bits per heavy atom. The molecule has 1 atom stereocenters. The smallest absolute Gasteiger partial charge is 0.290 e. The number of para-hydroxylation sites is 1. The van der Waals surface area contributed by atoms with Crippen molar-refractivity contribution >= 4 is 22.8 Å². The molecular formula is C25H35N3O4. The molecule has 1 aromatic heterocycles. The van der Waals surface area contributed by atoms with Crippen LogP contribution in [-0.2, 0) is 16.1 Å². The van der Waals surface area contributed by atoms with Gasteiger partial charge in [0.1, 0.15) is 5.58 Å². The summed E-state index contributed by atoms with van der Waals surface area (Å²) in [7, 11) is 0. The van der Waals surface area contributed by atoms with E-state index in [9.17, 15) is 9.59 Å². The number of hydrogen-bond acceptors (Lipinski definition) is 5. The molecule has 0 N–H and O–H groups in total. The summed E-state index contributed by atoms with van der Waals surface area (Å²) in [5.74, 6) is 0.486. The number of amides is 2. The highest BCUT2D eigenvalue weighted by Gasteiger charge is 2.30. The molecule has 1 unspecified atom stereocenters. The Morgan fingerprint density at radius 2 is 1.84 bits per heavy atom. The van der Waals surface area contributed by atoms with E-state index in [1.807, 2.05) is 47.9 Å². The first-order chi connectivity index (χ1) is 15.4. The van der Waals surface area contributed by atoms with Gasteiger partial charge in [0, 0.05) is 49.7 Å². The molecule has 2 fully saturated rings. The standard InChI is InChI=1S/C25H35N3O4/c1-18(2)31-17-21-20-9-4-5-10-22(20)32-24(21)25(30)27-14-12-26(13-15-27)16-23(29)28-11-7-6-8-19(28)3/h4-5,9-10,18-19H,6-8,11-17H2,1-3H3. The maximum Gasteiger partial charge on any atom is 0.290 e. The number of rotatable bonds is 6. The van der Waals surface area contributed by atoms with Gasteiger partial charge in [0.2, 0.25) is 5.91 Å². The molecule has 2 amide bonds. The summed E-state index contributed by atoms with van der Waals surface area (Å²) >= 11 is 0. The summed E-state index contributed by atoms with van der Waals surface area (Å²) in [6.45, 7) is 10.3. The Bertz CT molecular complexity index is 946. The minimum absolute atomic E-state index is 0.0651. The van der Waals surface area contributed by atoms with Gasteiger partial charge in [-0.1, -0.05) is 18.2 Å². The second kappa shape index (κ2) is 10.0. The van der Waals surface area contributed by atoms with Crippen molar-refractivity contribution in [3.05, 3.63) is 35.6 Å². The van der Waals surface area contributed by atoms with Gasteiger partial charge < -0.3 is 19.0 Å². The van der Waals surface area contributed by atoms with Gasteiger partial charge in [0.15, 0.2) is 5.76 Å². The lowest BCUT2D eigenvalue weighted by atomic mass is 10.0. The van der Waals surface area contributed by atoms with Crippen LogP contribution in [0.4, 0.5) is 0 Å². The maximum absolute atomic E-state index is 13.3. The normalized spacial score (nSPS) is 20.3. The number of carbonyl (C=O) groups excluding carboxylic acids is 2. The molecule has 2 aliphatic heterocycles. The van der Waals surface area contributed by atoms with Crippen molar-refractivity contribution in [2.24, 2.45) is 0 Å². The molecule has 32 heavy (non-hydrogen) atoms. The molecule has 174 valence electrons. The fourth-order valence-corrected chi connectivity index (χ4v) is 4.67. The van der Waals surface area contributed by atoms with Crippen molar-refractivity contribution in [1.82, 2.24) is 14.7 Å². The number of benzene rings is 1. The lowest BCUT2D eigenvalue weighted by Crippen LogP contribution is -2.53. The zero-order valence-corrected chi connectivity index (χ0v) is 19.5. The quantitative estimate of drug-likeness (QED) is 0.686. The average molecular weight is 442 g/mol. The number of carbonyl (C=O) groups is 2. The van der Waals surface area contributed by atoms with Crippen LogP contribution in [0.15, 0.2) is 28.7 Å². The molecular weight excluding hydrogens is 406 g/mol. The second-order valence-corrected chi connectivity index (χ2v) is 9.27. The number of piperazine rings is 1. The molecule has 7 nitrogen and oxygen atoms in total. The van der Waals surface area contributed by atoms with E-state index in [0.717, 1.165) is 30.3 Å². The minimum Gasteiger partial charge on any atom is -0.451 e. The fourth-order valence-electron chi connectivity index (χ4n) is 4.67. The summed E-state index contributed by atoms with van der Waals surface area (Å²) in [5.41, 5.74) is 1.52. The van der Waals surface area contributed by atoms with Gasteiger partial charge in [0.25, 0.3) is 5.91 Å². The van der Waals surface area contributed by atoms with Crippen LogP contribution in [0.1, 0.15) is 56.2 Å². The van der Waals surface area contributed by atoms with E-state index in [1.165, 1.54) is 6.42 Å². The van der Waals surface area contributed by atoms with E-state index in [-0.39, 0.29) is 17.9 Å². The minimum atomic E-state index is -0.0980. The highest BCUT2D eigenvalue weighted by atomic mass is 16.5. The van der Waals surface area contributed by atoms with Gasteiger partial charge in [-0.05, 0) is 46.1 Å². The molecule has 2 saturated heterocycles. The van der Waals surface area contributed by atoms with E-state index in [2.05, 4.69) is 11.8 Å². The Kier molecular flexibility index (Phi) is 7.16. The van der Waals surface area contributed by atoms with Crippen LogP contribution in [0.5, 0.6) is 0 Å². The Hall–Kier alpha value is -2.38. The number of fused-ring (bicyclic) bond motifs is 1. The molecule has 0 bridgehead atoms. The van der Waals surface area contributed by atoms with Crippen molar-refractivity contribution in [2.45, 2.75) is 58.8 Å². The summed E-state index contributed by atoms with van der Waals surface area (Å²) in [6.07, 6.45) is 3.46. The number of hydrogen-bond donors (Lipinski definition) is 0. The Labute approximate surface area is 190 Å². The van der Waals surface area contributed by atoms with Crippen LogP contribution in [0.3, 0.4) is 0 Å². The van der Waals surface area contributed by atoms with Crippen LogP contribution >= 0.6 is 0 Å². The van der Waals surface area contributed by atoms with E-state index in [0.29, 0.717) is 56.7 Å². The fraction of sp³-hybridized carbons (Fsp3) is 0.600. The second-order valence-electron chi connectivity index (χ2n) is 9.27. The first-order valence-corrected chi connectivity index (χ1v) is 11.9. The van der Waals surface area contributed by atoms with Crippen LogP contribution < -0.4 is 0 Å². The Morgan fingerprint density at radius 3 is 2.56 bits per heavy atom. The molecule has 0 radical (unpaired) electrons. The number of nitrogens with zero attached hydrogens (tertiary/aromatic N) is 3. The summed E-state index contributed by atoms with van der Waals surface area (Å²) in [5, 5.41) is 0.927. The van der Waals surface area contributed by atoms with Gasteiger partial charge in [-0.3, -0.25) is 14.5 Å². The molecule has 0 saturated carbocycles. The number of likely N-dealkylation sites (tertiary alicyclic amines) is 1. The average Bonchev–Trinajstić information content (AvgIpc) is 3.16. The summed E-state index contributed by atoms with van der Waals surface area (Å²) in [6, 6.07) is 8.05. The molecule has 2 aliphatic rings. The van der Waals surface area contributed by atoms with Gasteiger partial charge in [-0.15, -0.1) is 0 Å². The molecule has 2 aromatic rings. The number of furan rings is 1. The predicted octanol–water partition coefficient (Wildman–Crippen LogP) is 3.52. The largest absolute Gasteiger partial charge is 0.451 e. The van der Waals surface area contributed by atoms with Crippen LogP contribution in [0.2, 0.25) is 0 Å². The molecule has 1 aromatic carbocycles. The number of piperidine rings is 1. The van der Waals surface area contributed by atoms with Crippen molar-refractivity contribution < 1.29 is 18.7 Å². The highest BCUT2D eigenvalue weighted by Crippen LogP contribution is 2.28. The Balaban J connectivity index is 1.39. The molecule has 3 heterocycles. The lowest BCUT2D eigenvalue weighted by Gasteiger charge is -2.38. The van der Waals surface area contributed by atoms with Crippen LogP contribution in [0, 0.1) is 0 Å². The van der Waals surface area contributed by atoms with E-state index in [1.54, 1.807) is 0 Å². The molecule has 4 rings (SSSR count). The third kappa shape index (κ3) is 4.99. The first-order valence-electron chi connectivity index (χ1n) is 11.9. The molecule has 0 spiro atoms. The summed E-state index contributed by atoms with van der Waals surface area (Å²) < 4.78 is 11.8. The predicted molar refractivity (Wildman–Crippen MR) is 124 cm³/mol. The lowest BCUT2D eigenvalue weighted by molar-refractivity contribution is -0.136. The molecule has 7 heteroatoms. The number of ether oxygens (including phenoxy) is 1. The van der Waals surface area contributed by atoms with Crippen molar-refractivity contribution in [2.75, 3.05) is 39.3 Å². The maximum atomic E-state index is 13.3. The van der Waals surface area contributed by atoms with Crippen LogP contribution in [-0.4, -0.2) is 77.9 Å². The third-order valence-electron chi connectivity index (χ3n) is 6.60. The van der Waals surface area contributed by atoms with Gasteiger partial charge in [-0.2, -0.15) is 0 Å². The zero-order chi connectivity index (χ0) is 22.7. The monoisotopic (exact) mass is 441 g/mol. The van der Waals surface area contributed by atoms with E-state index >= 15 is 0 Å². The zero-order valence-electron chi connectivity index (χ0n) is 19.5. The topological polar surface area (TPSA) is 66.2 Å². The van der Waals surface area contributed by atoms with E-state index < -0.39 is 0 Å². The SMILES string of the molecule is CC(C)OCc1c(C(=O)N2CCN(CC(=O)N3CCCCC3C)CC2)oc2ccccc12. The van der Waals surface area contributed by atoms with Gasteiger partial charge in [-0.25, -0.2) is 0 Å².